The summed E-state index contributed by atoms with van der Waals surface area (Å²) in [5.74, 6) is -0.655. The summed E-state index contributed by atoms with van der Waals surface area (Å²) in [5, 5.41) is 16.7. The van der Waals surface area contributed by atoms with E-state index in [0.717, 1.165) is 12.8 Å². The van der Waals surface area contributed by atoms with Crippen LogP contribution in [0.4, 0.5) is 0 Å². The van der Waals surface area contributed by atoms with Gasteiger partial charge in [0.1, 0.15) is 0 Å². The Morgan fingerprint density at radius 3 is 1.56 bits per heavy atom. The van der Waals surface area contributed by atoms with Gasteiger partial charge < -0.3 is 10.2 Å². The van der Waals surface area contributed by atoms with Gasteiger partial charge in [-0.05, 0) is 13.3 Å². The average molecular weight is 355 g/mol. The van der Waals surface area contributed by atoms with Crippen molar-refractivity contribution in [2.75, 3.05) is 6.61 Å². The molecule has 25 heavy (non-hydrogen) atoms. The highest BCUT2D eigenvalue weighted by Gasteiger charge is 1.96. The molecule has 0 aliphatic rings. The lowest BCUT2D eigenvalue weighted by atomic mass is 10.0. The predicted molar refractivity (Wildman–Crippen MR) is 109 cm³/mol. The van der Waals surface area contributed by atoms with Crippen molar-refractivity contribution in [2.24, 2.45) is 0 Å². The number of aliphatic hydroxyl groups excluding tert-OH is 1. The Bertz CT molecular complexity index is 308. The van der Waals surface area contributed by atoms with Crippen molar-refractivity contribution in [1.82, 2.24) is 0 Å². The first-order chi connectivity index (χ1) is 12.2. The van der Waals surface area contributed by atoms with Crippen molar-refractivity contribution in [3.8, 4) is 0 Å². The van der Waals surface area contributed by atoms with Crippen LogP contribution in [0, 0.1) is 0 Å². The summed E-state index contributed by atoms with van der Waals surface area (Å²) in [5.41, 5.74) is 0. The number of carbonyl (C=O) groups is 1. The number of rotatable bonds is 16. The number of aliphatic hydroxyl groups is 1. The van der Waals surface area contributed by atoms with E-state index < -0.39 is 5.97 Å². The van der Waals surface area contributed by atoms with Gasteiger partial charge in [0.05, 0.1) is 6.61 Å². The number of carboxylic acids is 1. The SMILES string of the molecule is C/C=C/C=C/CO.CCCCCCCCCCCCCCCC(=O)O. The van der Waals surface area contributed by atoms with E-state index >= 15 is 0 Å². The Morgan fingerprint density at radius 1 is 0.760 bits per heavy atom. The van der Waals surface area contributed by atoms with Crippen molar-refractivity contribution >= 4 is 5.97 Å². The zero-order valence-corrected chi connectivity index (χ0v) is 16.7. The van der Waals surface area contributed by atoms with Crippen molar-refractivity contribution < 1.29 is 15.0 Å². The van der Waals surface area contributed by atoms with E-state index in [-0.39, 0.29) is 6.61 Å². The third-order valence-electron chi connectivity index (χ3n) is 4.04. The van der Waals surface area contributed by atoms with E-state index in [0.29, 0.717) is 6.42 Å². The fourth-order valence-electron chi connectivity index (χ4n) is 2.54. The maximum Gasteiger partial charge on any atom is 0.303 e. The molecular weight excluding hydrogens is 312 g/mol. The highest BCUT2D eigenvalue weighted by atomic mass is 16.4. The minimum absolute atomic E-state index is 0.129. The highest BCUT2D eigenvalue weighted by molar-refractivity contribution is 5.66. The van der Waals surface area contributed by atoms with Crippen LogP contribution in [-0.4, -0.2) is 22.8 Å². The van der Waals surface area contributed by atoms with Gasteiger partial charge in [-0.2, -0.15) is 0 Å². The van der Waals surface area contributed by atoms with Gasteiger partial charge in [-0.1, -0.05) is 108 Å². The standard InChI is InChI=1S/C16H32O2.C6H10O/c1-2-3-4-5-6-7-8-9-10-11-12-13-14-15-16(17)18;1-2-3-4-5-6-7/h2-15H2,1H3,(H,17,18);2-5,7H,6H2,1H3/b;3-2+,5-4+. The molecule has 0 saturated carbocycles. The maximum atomic E-state index is 10.3. The summed E-state index contributed by atoms with van der Waals surface area (Å²) in [6, 6.07) is 0. The first-order valence-electron chi connectivity index (χ1n) is 10.3. The molecule has 0 fully saturated rings. The number of allylic oxidation sites excluding steroid dienone is 3. The van der Waals surface area contributed by atoms with Gasteiger partial charge in [0.25, 0.3) is 0 Å². The molecule has 0 saturated heterocycles. The van der Waals surface area contributed by atoms with Crippen LogP contribution < -0.4 is 0 Å². The van der Waals surface area contributed by atoms with Gasteiger partial charge in [-0.15, -0.1) is 0 Å². The Morgan fingerprint density at radius 2 is 1.20 bits per heavy atom. The second-order valence-corrected chi connectivity index (χ2v) is 6.52. The molecule has 0 radical (unpaired) electrons. The molecule has 2 N–H and O–H groups in total. The highest BCUT2D eigenvalue weighted by Crippen LogP contribution is 2.12. The molecule has 0 aromatic carbocycles. The average Bonchev–Trinajstić information content (AvgIpc) is 2.60. The van der Waals surface area contributed by atoms with Gasteiger partial charge in [-0.3, -0.25) is 4.79 Å². The summed E-state index contributed by atoms with van der Waals surface area (Å²) in [6.07, 6.45) is 24.5. The second-order valence-electron chi connectivity index (χ2n) is 6.52. The van der Waals surface area contributed by atoms with Crippen LogP contribution in [0.25, 0.3) is 0 Å². The molecule has 0 unspecified atom stereocenters. The van der Waals surface area contributed by atoms with Crippen LogP contribution in [0.2, 0.25) is 0 Å². The molecule has 0 heterocycles. The Balaban J connectivity index is 0. The smallest absolute Gasteiger partial charge is 0.303 e. The van der Waals surface area contributed by atoms with Crippen LogP contribution in [0.1, 0.15) is 104 Å². The molecule has 0 aromatic rings. The van der Waals surface area contributed by atoms with Crippen molar-refractivity contribution in [1.29, 1.82) is 0 Å². The molecule has 0 rings (SSSR count). The van der Waals surface area contributed by atoms with Gasteiger partial charge in [-0.25, -0.2) is 0 Å². The molecule has 3 nitrogen and oxygen atoms in total. The zero-order valence-electron chi connectivity index (χ0n) is 16.7. The molecule has 0 bridgehead atoms. The first-order valence-corrected chi connectivity index (χ1v) is 10.3. The first kappa shape index (κ1) is 26.1. The maximum absolute atomic E-state index is 10.3. The van der Waals surface area contributed by atoms with E-state index in [1.54, 1.807) is 12.2 Å². The fourth-order valence-corrected chi connectivity index (χ4v) is 2.54. The summed E-state index contributed by atoms with van der Waals surface area (Å²) in [7, 11) is 0. The number of aliphatic carboxylic acids is 1. The number of hydrogen-bond donors (Lipinski definition) is 2. The van der Waals surface area contributed by atoms with Crippen LogP contribution in [0.3, 0.4) is 0 Å². The predicted octanol–water partition coefficient (Wildman–Crippen LogP) is 6.66. The number of carboxylic acid groups (broad SMARTS) is 1. The normalized spacial score (nSPS) is 11.0. The lowest BCUT2D eigenvalue weighted by Crippen LogP contribution is -1.93. The van der Waals surface area contributed by atoms with E-state index in [4.69, 9.17) is 10.2 Å². The van der Waals surface area contributed by atoms with E-state index in [2.05, 4.69) is 6.92 Å². The van der Waals surface area contributed by atoms with Crippen molar-refractivity contribution in [3.05, 3.63) is 24.3 Å². The Hall–Kier alpha value is -1.09. The van der Waals surface area contributed by atoms with Gasteiger partial charge in [0.15, 0.2) is 0 Å². The molecule has 0 atom stereocenters. The summed E-state index contributed by atoms with van der Waals surface area (Å²) in [4.78, 5) is 10.3. The van der Waals surface area contributed by atoms with Gasteiger partial charge >= 0.3 is 5.97 Å². The molecule has 0 spiro atoms. The second kappa shape index (κ2) is 25.2. The third kappa shape index (κ3) is 31.2. The lowest BCUT2D eigenvalue weighted by Gasteiger charge is -2.02. The third-order valence-corrected chi connectivity index (χ3v) is 4.04. The number of unbranched alkanes of at least 4 members (excludes halogenated alkanes) is 12. The minimum atomic E-state index is -0.655. The van der Waals surface area contributed by atoms with E-state index in [9.17, 15) is 4.79 Å². The number of hydrogen-bond acceptors (Lipinski definition) is 2. The molecule has 3 heteroatoms. The van der Waals surface area contributed by atoms with E-state index in [1.165, 1.54) is 70.6 Å². The quantitative estimate of drug-likeness (QED) is 0.240. The molecule has 0 amide bonds. The van der Waals surface area contributed by atoms with Crippen molar-refractivity contribution in [2.45, 2.75) is 104 Å². The van der Waals surface area contributed by atoms with Gasteiger partial charge in [0.2, 0.25) is 0 Å². The zero-order chi connectivity index (χ0) is 19.0. The molecule has 0 aliphatic heterocycles. The topological polar surface area (TPSA) is 57.5 Å². The van der Waals surface area contributed by atoms with Gasteiger partial charge in [0, 0.05) is 6.42 Å². The van der Waals surface area contributed by atoms with Crippen LogP contribution >= 0.6 is 0 Å². The minimum Gasteiger partial charge on any atom is -0.481 e. The molecular formula is C22H42O3. The van der Waals surface area contributed by atoms with E-state index in [1.807, 2.05) is 19.1 Å². The monoisotopic (exact) mass is 354 g/mol. The summed E-state index contributed by atoms with van der Waals surface area (Å²) in [6.45, 7) is 4.32. The van der Waals surface area contributed by atoms with Crippen LogP contribution in [0.15, 0.2) is 24.3 Å². The summed E-state index contributed by atoms with van der Waals surface area (Å²) >= 11 is 0. The molecule has 0 aliphatic carbocycles. The lowest BCUT2D eigenvalue weighted by molar-refractivity contribution is -0.137. The summed E-state index contributed by atoms with van der Waals surface area (Å²) < 4.78 is 0. The van der Waals surface area contributed by atoms with Crippen LogP contribution in [0.5, 0.6) is 0 Å². The largest absolute Gasteiger partial charge is 0.481 e. The Kier molecular flexibility index (Phi) is 26.3. The fraction of sp³-hybridized carbons (Fsp3) is 0.773. The molecule has 0 aromatic heterocycles. The van der Waals surface area contributed by atoms with Crippen LogP contribution in [-0.2, 0) is 4.79 Å². The Labute approximate surface area is 156 Å². The van der Waals surface area contributed by atoms with Crippen molar-refractivity contribution in [3.63, 3.8) is 0 Å². The molecule has 148 valence electrons.